The van der Waals surface area contributed by atoms with Gasteiger partial charge in [0.25, 0.3) is 5.78 Å². The van der Waals surface area contributed by atoms with E-state index in [4.69, 9.17) is 32.7 Å². The lowest BCUT2D eigenvalue weighted by atomic mass is 9.95. The molecule has 228 valence electrons. The number of aromatic nitrogens is 2. The van der Waals surface area contributed by atoms with Gasteiger partial charge >= 0.3 is 5.91 Å². The summed E-state index contributed by atoms with van der Waals surface area (Å²) in [7, 11) is 0. The second kappa shape index (κ2) is 14.5. The first-order chi connectivity index (χ1) is 21.3. The van der Waals surface area contributed by atoms with Crippen molar-refractivity contribution in [1.29, 1.82) is 0 Å². The number of carbonyl (C=O) groups excluding carboxylic acids is 2. The molecule has 1 saturated heterocycles. The van der Waals surface area contributed by atoms with Crippen LogP contribution in [-0.4, -0.2) is 40.2 Å². The first-order valence-electron chi connectivity index (χ1n) is 14.0. The van der Waals surface area contributed by atoms with Gasteiger partial charge in [0.05, 0.1) is 24.8 Å². The molecule has 0 spiro atoms. The Morgan fingerprint density at radius 3 is 2.39 bits per heavy atom. The van der Waals surface area contributed by atoms with Crippen molar-refractivity contribution >= 4 is 68.9 Å². The van der Waals surface area contributed by atoms with Gasteiger partial charge in [-0.2, -0.15) is 0 Å². The van der Waals surface area contributed by atoms with Crippen molar-refractivity contribution < 1.29 is 24.2 Å². The van der Waals surface area contributed by atoms with E-state index >= 15 is 0 Å². The molecule has 1 aromatic heterocycles. The van der Waals surface area contributed by atoms with Gasteiger partial charge in [-0.05, 0) is 72.5 Å². The van der Waals surface area contributed by atoms with E-state index in [2.05, 4.69) is 10.2 Å². The molecule has 4 aromatic rings. The van der Waals surface area contributed by atoms with Gasteiger partial charge in [0.15, 0.2) is 4.34 Å². The Labute approximate surface area is 273 Å². The van der Waals surface area contributed by atoms with E-state index in [1.807, 2.05) is 26.0 Å². The second-order valence-corrected chi connectivity index (χ2v) is 12.9. The monoisotopic (exact) mass is 669 g/mol. The second-order valence-electron chi connectivity index (χ2n) is 9.84. The topological polar surface area (TPSA) is 102 Å². The summed E-state index contributed by atoms with van der Waals surface area (Å²) in [6.45, 7) is 5.08. The number of anilines is 1. The maximum absolute atomic E-state index is 13.6. The Bertz CT molecular complexity index is 1690. The number of aliphatic hydroxyl groups is 1. The molecule has 5 rings (SSSR count). The number of aliphatic hydroxyl groups excluding tert-OH is 1. The Balaban J connectivity index is 1.52. The summed E-state index contributed by atoms with van der Waals surface area (Å²) in [6.07, 6.45) is 1.67. The standard InChI is InChI=1S/C32H29Cl2N3O5S2/c1-3-14-41-23-12-9-19(10-13-23)28(38)26-27(20-6-5-7-24(16-20)42-15-4-2)37(30(40)29(26)39)31-35-36-32(44-31)43-18-21-8-11-22(33)17-25(21)34/h5-13,16-17,27,38H,3-4,14-15,18H2,1-2H3. The first-order valence-corrected chi connectivity index (χ1v) is 16.5. The normalized spacial score (nSPS) is 16.0. The predicted molar refractivity (Wildman–Crippen MR) is 175 cm³/mol. The minimum atomic E-state index is -0.965. The number of ketones is 1. The average molecular weight is 671 g/mol. The number of carbonyl (C=O) groups is 2. The minimum absolute atomic E-state index is 0.0535. The fourth-order valence-corrected chi connectivity index (χ4v) is 6.99. The number of nitrogens with zero attached hydrogens (tertiary/aromatic N) is 3. The van der Waals surface area contributed by atoms with Crippen molar-refractivity contribution in [3.63, 3.8) is 0 Å². The number of hydrogen-bond donors (Lipinski definition) is 1. The van der Waals surface area contributed by atoms with Gasteiger partial charge in [-0.15, -0.1) is 10.2 Å². The summed E-state index contributed by atoms with van der Waals surface area (Å²) in [5, 5.41) is 21.4. The fraction of sp³-hybridized carbons (Fsp3) is 0.250. The van der Waals surface area contributed by atoms with Gasteiger partial charge in [0, 0.05) is 21.4 Å². The van der Waals surface area contributed by atoms with E-state index in [0.29, 0.717) is 56.0 Å². The van der Waals surface area contributed by atoms with Gasteiger partial charge in [-0.3, -0.25) is 14.5 Å². The first kappa shape index (κ1) is 31.8. The Hall–Kier alpha value is -3.57. The maximum atomic E-state index is 13.6. The number of thioether (sulfide) groups is 1. The molecule has 1 aliphatic rings. The molecule has 1 N–H and O–H groups in total. The van der Waals surface area contributed by atoms with E-state index in [0.717, 1.165) is 18.4 Å². The smallest absolute Gasteiger partial charge is 0.301 e. The van der Waals surface area contributed by atoms with Crippen LogP contribution in [0.3, 0.4) is 0 Å². The number of benzene rings is 3. The minimum Gasteiger partial charge on any atom is -0.507 e. The van der Waals surface area contributed by atoms with Gasteiger partial charge in [0.1, 0.15) is 17.3 Å². The van der Waals surface area contributed by atoms with E-state index in [1.54, 1.807) is 54.6 Å². The molecule has 0 bridgehead atoms. The zero-order valence-corrected chi connectivity index (χ0v) is 27.1. The number of amides is 1. The van der Waals surface area contributed by atoms with E-state index < -0.39 is 17.7 Å². The van der Waals surface area contributed by atoms with Crippen LogP contribution >= 0.6 is 46.3 Å². The summed E-state index contributed by atoms with van der Waals surface area (Å²) in [5.74, 6) is -0.208. The molecule has 0 saturated carbocycles. The molecule has 0 aliphatic carbocycles. The maximum Gasteiger partial charge on any atom is 0.301 e. The van der Waals surface area contributed by atoms with Crippen molar-refractivity contribution in [2.45, 2.75) is 42.8 Å². The largest absolute Gasteiger partial charge is 0.507 e. The van der Waals surface area contributed by atoms with Crippen LogP contribution in [0, 0.1) is 0 Å². The SMILES string of the molecule is CCCOc1ccc(C(O)=C2C(=O)C(=O)N(c3nnc(SCc4ccc(Cl)cc4Cl)s3)C2c2cccc(OCCC)c2)cc1. The summed E-state index contributed by atoms with van der Waals surface area (Å²) in [6, 6.07) is 18.2. The summed E-state index contributed by atoms with van der Waals surface area (Å²) >= 11 is 14.9. The highest BCUT2D eigenvalue weighted by Crippen LogP contribution is 2.45. The highest BCUT2D eigenvalue weighted by Gasteiger charge is 2.48. The predicted octanol–water partition coefficient (Wildman–Crippen LogP) is 8.34. The van der Waals surface area contributed by atoms with Crippen molar-refractivity contribution in [2.75, 3.05) is 18.1 Å². The molecule has 8 nitrogen and oxygen atoms in total. The molecule has 1 aliphatic heterocycles. The summed E-state index contributed by atoms with van der Waals surface area (Å²) in [4.78, 5) is 28.5. The number of hydrogen-bond acceptors (Lipinski definition) is 9. The summed E-state index contributed by atoms with van der Waals surface area (Å²) in [5.41, 5.74) is 1.78. The van der Waals surface area contributed by atoms with E-state index in [1.165, 1.54) is 28.0 Å². The van der Waals surface area contributed by atoms with Gasteiger partial charge in [-0.1, -0.05) is 78.3 Å². The molecule has 12 heteroatoms. The third kappa shape index (κ3) is 7.04. The van der Waals surface area contributed by atoms with Crippen LogP contribution in [0.4, 0.5) is 5.13 Å². The zero-order chi connectivity index (χ0) is 31.2. The van der Waals surface area contributed by atoms with E-state index in [9.17, 15) is 14.7 Å². The number of halogens is 2. The van der Waals surface area contributed by atoms with Gasteiger partial charge in [-0.25, -0.2) is 0 Å². The number of rotatable bonds is 12. The van der Waals surface area contributed by atoms with Crippen LogP contribution in [0.25, 0.3) is 5.76 Å². The van der Waals surface area contributed by atoms with Crippen molar-refractivity contribution in [3.05, 3.63) is 99.0 Å². The Morgan fingerprint density at radius 1 is 0.955 bits per heavy atom. The molecule has 0 radical (unpaired) electrons. The summed E-state index contributed by atoms with van der Waals surface area (Å²) < 4.78 is 12.1. The quantitative estimate of drug-likeness (QED) is 0.0528. The fourth-order valence-electron chi connectivity index (χ4n) is 4.56. The molecule has 1 unspecified atom stereocenters. The Morgan fingerprint density at radius 2 is 1.68 bits per heavy atom. The molecule has 1 fully saturated rings. The van der Waals surface area contributed by atoms with Crippen molar-refractivity contribution in [1.82, 2.24) is 10.2 Å². The number of Topliss-reactive ketones (excluding diaryl/α,β-unsaturated/α-hetero) is 1. The molecular weight excluding hydrogens is 641 g/mol. The van der Waals surface area contributed by atoms with Crippen LogP contribution < -0.4 is 14.4 Å². The Kier molecular flexibility index (Phi) is 10.5. The third-order valence-electron chi connectivity index (χ3n) is 6.66. The van der Waals surface area contributed by atoms with Gasteiger partial charge in [0.2, 0.25) is 5.13 Å². The van der Waals surface area contributed by atoms with E-state index in [-0.39, 0.29) is 16.5 Å². The van der Waals surface area contributed by atoms with Gasteiger partial charge < -0.3 is 14.6 Å². The lowest BCUT2D eigenvalue weighted by Gasteiger charge is -2.23. The van der Waals surface area contributed by atoms with Crippen LogP contribution in [0.1, 0.15) is 49.4 Å². The average Bonchev–Trinajstić information content (AvgIpc) is 3.60. The molecular formula is C32H29Cl2N3O5S2. The number of ether oxygens (including phenoxy) is 2. The van der Waals surface area contributed by atoms with Crippen LogP contribution in [0.15, 0.2) is 76.6 Å². The molecule has 44 heavy (non-hydrogen) atoms. The van der Waals surface area contributed by atoms with Crippen LogP contribution in [0.5, 0.6) is 11.5 Å². The molecule has 2 heterocycles. The third-order valence-corrected chi connectivity index (χ3v) is 9.35. The zero-order valence-electron chi connectivity index (χ0n) is 24.0. The lowest BCUT2D eigenvalue weighted by Crippen LogP contribution is -2.29. The molecule has 1 amide bonds. The molecule has 3 aromatic carbocycles. The highest BCUT2D eigenvalue weighted by molar-refractivity contribution is 8.00. The van der Waals surface area contributed by atoms with Crippen molar-refractivity contribution in [2.24, 2.45) is 0 Å². The van der Waals surface area contributed by atoms with Crippen LogP contribution in [0.2, 0.25) is 10.0 Å². The van der Waals surface area contributed by atoms with Crippen LogP contribution in [-0.2, 0) is 15.3 Å². The molecule has 1 atom stereocenters. The lowest BCUT2D eigenvalue weighted by molar-refractivity contribution is -0.132. The van der Waals surface area contributed by atoms with Crippen molar-refractivity contribution in [3.8, 4) is 11.5 Å². The highest BCUT2D eigenvalue weighted by atomic mass is 35.5.